The molecule has 0 fully saturated rings. The van der Waals surface area contributed by atoms with Gasteiger partial charge >= 0.3 is 27.0 Å². The second-order valence-electron chi connectivity index (χ2n) is 19.5. The topological polar surface area (TPSA) is 23.8 Å². The fraction of sp³-hybridized carbons (Fsp3) is 0.101. The van der Waals surface area contributed by atoms with Crippen LogP contribution in [-0.4, -0.2) is 6.04 Å². The minimum absolute atomic E-state index is 0.147. The van der Waals surface area contributed by atoms with Crippen LogP contribution < -0.4 is 42.4 Å². The molecule has 1 N–H and O–H groups in total. The maximum atomic E-state index is 8.53. The van der Waals surface area contributed by atoms with Crippen molar-refractivity contribution in [2.24, 2.45) is 0 Å². The standard InChI is InChI=1S/C48H40P2.C21H21NP.ClH.Ru/c1-33-13-23-39(24-14-33)49(40-25-15-34(2)16-26-40)45-31-21-37-9-5-7-11-43(37)47(45)48-44-12-8-6-10-38(44)22-32-46(48)50(41-27-17-35(3)18-28-41)42-29-19-36(4)20-30-42;1-17(22)21(18-11-5-2-6-12-18)23(19-13-7-3-8-14-19)20-15-9-4-10-16-20;;/h5-32H,1-4H3;2-17,21-22H,1H3;1H;/q;-1;;+2/p+2. The summed E-state index contributed by atoms with van der Waals surface area (Å²) >= 11 is 1.82. The summed E-state index contributed by atoms with van der Waals surface area (Å²) in [5.74, 6) is 0. The van der Waals surface area contributed by atoms with Crippen LogP contribution in [0.15, 0.2) is 261 Å². The van der Waals surface area contributed by atoms with Crippen molar-refractivity contribution < 1.29 is 17.3 Å². The van der Waals surface area contributed by atoms with E-state index in [2.05, 4.69) is 292 Å². The number of aryl methyl sites for hydroxylation is 4. The monoisotopic (exact) mass is 1140 g/mol. The Hall–Kier alpha value is -5.90. The second-order valence-corrected chi connectivity index (χ2v) is 26.9. The Balaban J connectivity index is 0.000000230. The van der Waals surface area contributed by atoms with Gasteiger partial charge in [-0.15, -0.1) is 0 Å². The third kappa shape index (κ3) is 12.5. The first-order valence-electron chi connectivity index (χ1n) is 25.7. The molecule has 2 atom stereocenters. The van der Waals surface area contributed by atoms with Crippen LogP contribution in [-0.2, 0) is 17.3 Å². The molecule has 2 unspecified atom stereocenters. The van der Waals surface area contributed by atoms with Gasteiger partial charge in [-0.1, -0.05) is 211 Å². The first-order valence-corrected chi connectivity index (χ1v) is 32.5. The van der Waals surface area contributed by atoms with E-state index in [1.807, 2.05) is 30.3 Å². The van der Waals surface area contributed by atoms with Gasteiger partial charge in [-0.05, 0) is 140 Å². The van der Waals surface area contributed by atoms with Gasteiger partial charge in [0.25, 0.3) is 0 Å². The normalized spacial score (nSPS) is 12.0. The van der Waals surface area contributed by atoms with Gasteiger partial charge in [0.05, 0.1) is 40.0 Å². The van der Waals surface area contributed by atoms with Crippen molar-refractivity contribution in [3.63, 3.8) is 0 Å². The molecule has 0 radical (unpaired) electrons. The Labute approximate surface area is 463 Å². The molecule has 0 amide bonds. The van der Waals surface area contributed by atoms with Gasteiger partial charge in [-0.2, -0.15) is 0 Å². The predicted octanol–water partition coefficient (Wildman–Crippen LogP) is 15.6. The first kappa shape index (κ1) is 53.9. The van der Waals surface area contributed by atoms with E-state index in [1.54, 1.807) is 0 Å². The summed E-state index contributed by atoms with van der Waals surface area (Å²) in [7, 11) is 0.661. The maximum absolute atomic E-state index is 8.53. The van der Waals surface area contributed by atoms with Gasteiger partial charge in [0.15, 0.2) is 0 Å². The summed E-state index contributed by atoms with van der Waals surface area (Å²) < 4.78 is 0. The van der Waals surface area contributed by atoms with Gasteiger partial charge in [-0.3, -0.25) is 0 Å². The summed E-state index contributed by atoms with van der Waals surface area (Å²) in [5, 5.41) is 16.4. The number of halogens is 1. The Morgan fingerprint density at radius 2 is 0.627 bits per heavy atom. The zero-order valence-corrected chi connectivity index (χ0v) is 48.7. The number of nitrogens with one attached hydrogen (secondary N) is 1. The summed E-state index contributed by atoms with van der Waals surface area (Å²) in [6, 6.07) is 96.9. The molecule has 0 aliphatic carbocycles. The number of rotatable bonds is 12. The van der Waals surface area contributed by atoms with Crippen molar-refractivity contribution in [3.8, 4) is 11.1 Å². The number of hydrogen-bond donors (Lipinski definition) is 0. The molecule has 0 heterocycles. The SMILES string of the molecule is CC([NH-])C(c1ccccc1)[PH+](c1ccccc1)c1ccccc1.Cc1ccc([PH+](c2ccc(C)cc2)c2ccc3ccccc3c2-c2c([PH+](c3ccc(C)cc3)c3ccc(C)cc3)ccc3ccccc23)cc1.[Cl][Ru+]. The van der Waals surface area contributed by atoms with Crippen LogP contribution >= 0.6 is 33.5 Å². The van der Waals surface area contributed by atoms with Gasteiger partial charge in [0.1, 0.15) is 31.8 Å². The van der Waals surface area contributed by atoms with Gasteiger partial charge in [-0.25, -0.2) is 0 Å². The van der Waals surface area contributed by atoms with E-state index < -0.39 is 23.8 Å². The summed E-state index contributed by atoms with van der Waals surface area (Å²) in [6.07, 6.45) is 0. The van der Waals surface area contributed by atoms with Crippen molar-refractivity contribution >= 4 is 97.4 Å². The Kier molecular flexibility index (Phi) is 18.5. The van der Waals surface area contributed by atoms with Crippen LogP contribution in [0.5, 0.6) is 0 Å². The number of hydrogen-bond acceptors (Lipinski definition) is 0. The van der Waals surface area contributed by atoms with E-state index in [9.17, 15) is 0 Å². The van der Waals surface area contributed by atoms with Crippen LogP contribution in [0, 0.1) is 27.7 Å². The molecule has 0 bridgehead atoms. The van der Waals surface area contributed by atoms with Crippen LogP contribution in [0.1, 0.15) is 40.4 Å². The van der Waals surface area contributed by atoms with Crippen LogP contribution in [0.4, 0.5) is 0 Å². The van der Waals surface area contributed by atoms with Gasteiger partial charge < -0.3 is 5.73 Å². The predicted molar refractivity (Wildman–Crippen MR) is 335 cm³/mol. The second kappa shape index (κ2) is 25.8. The zero-order chi connectivity index (χ0) is 52.3. The molecule has 11 rings (SSSR count). The summed E-state index contributed by atoms with van der Waals surface area (Å²) in [6.45, 7) is 10.8. The Morgan fingerprint density at radius 1 is 0.333 bits per heavy atom. The van der Waals surface area contributed by atoms with Crippen LogP contribution in [0.2, 0.25) is 0 Å². The molecule has 0 saturated carbocycles. The van der Waals surface area contributed by atoms with Crippen LogP contribution in [0.25, 0.3) is 38.4 Å². The van der Waals surface area contributed by atoms with E-state index in [4.69, 9.17) is 5.73 Å². The number of fused-ring (bicyclic) bond motifs is 2. The fourth-order valence-corrected chi connectivity index (χ4v) is 19.1. The first-order chi connectivity index (χ1) is 36.7. The molecule has 0 aliphatic rings. The average molecular weight is 1140 g/mol. The van der Waals surface area contributed by atoms with Crippen molar-refractivity contribution in [2.75, 3.05) is 0 Å². The Morgan fingerprint density at radius 3 is 0.947 bits per heavy atom. The molecule has 372 valence electrons. The van der Waals surface area contributed by atoms with E-state index >= 15 is 0 Å². The molecule has 6 heteroatoms. The van der Waals surface area contributed by atoms with E-state index in [-0.39, 0.29) is 11.7 Å². The summed E-state index contributed by atoms with van der Waals surface area (Å²) in [5.41, 5.74) is 17.9. The molecule has 0 saturated heterocycles. The van der Waals surface area contributed by atoms with E-state index in [1.165, 1.54) is 103 Å². The van der Waals surface area contributed by atoms with Gasteiger partial charge in [0, 0.05) is 11.1 Å². The van der Waals surface area contributed by atoms with Crippen molar-refractivity contribution in [2.45, 2.75) is 46.3 Å². The fourth-order valence-electron chi connectivity index (χ4n) is 10.5. The third-order valence-corrected chi connectivity index (χ3v) is 23.1. The zero-order valence-electron chi connectivity index (χ0n) is 43.2. The summed E-state index contributed by atoms with van der Waals surface area (Å²) in [4.78, 5) is 0. The average Bonchev–Trinajstić information content (AvgIpc) is 3.46. The molecular weight excluding hydrogens is 1070 g/mol. The molecule has 0 aromatic heterocycles. The van der Waals surface area contributed by atoms with Gasteiger partial charge in [0.2, 0.25) is 0 Å². The molecular formula is C69H64ClNP3Ru+3. The van der Waals surface area contributed by atoms with E-state index in [0.717, 1.165) is 0 Å². The van der Waals surface area contributed by atoms with E-state index in [0.29, 0.717) is 0 Å². The molecule has 0 aliphatic heterocycles. The number of benzene rings is 11. The van der Waals surface area contributed by atoms with Crippen LogP contribution in [0.3, 0.4) is 0 Å². The molecule has 11 aromatic rings. The quantitative estimate of drug-likeness (QED) is 0.0860. The van der Waals surface area contributed by atoms with Crippen molar-refractivity contribution in [3.05, 3.63) is 294 Å². The minimum atomic E-state index is -1.42. The third-order valence-electron chi connectivity index (χ3n) is 14.1. The molecule has 11 aromatic carbocycles. The molecule has 0 spiro atoms. The molecule has 75 heavy (non-hydrogen) atoms. The van der Waals surface area contributed by atoms with Crippen molar-refractivity contribution in [1.29, 1.82) is 0 Å². The van der Waals surface area contributed by atoms with Crippen molar-refractivity contribution in [1.82, 2.24) is 0 Å². The molecule has 1 nitrogen and oxygen atoms in total. The Bertz CT molecular complexity index is 3270.